The first kappa shape index (κ1) is 15.9. The van der Waals surface area contributed by atoms with Gasteiger partial charge in [-0.2, -0.15) is 12.1 Å². The largest absolute Gasteiger partial charge is 1.00 e. The first-order chi connectivity index (χ1) is 8.53. The summed E-state index contributed by atoms with van der Waals surface area (Å²) < 4.78 is 6.63. The van der Waals surface area contributed by atoms with Crippen molar-refractivity contribution in [1.29, 1.82) is 0 Å². The van der Waals surface area contributed by atoms with E-state index in [9.17, 15) is 0 Å². The third-order valence-electron chi connectivity index (χ3n) is 2.47. The van der Waals surface area contributed by atoms with Gasteiger partial charge in [0.1, 0.15) is 5.75 Å². The van der Waals surface area contributed by atoms with Gasteiger partial charge in [0.05, 0.1) is 27.7 Å². The standard InChI is InChI=1S/C16H19NO.Ru/c1-17(2,3)13-14-9-11-16(12-10-14)18-15-7-5-4-6-8-15;/h4-9,11-12H,13H2,1-3H3;/q;+1. The number of hydrogen-bond donors (Lipinski definition) is 0. The van der Waals surface area contributed by atoms with E-state index in [4.69, 9.17) is 4.74 Å². The second-order valence-electron chi connectivity index (χ2n) is 5.41. The van der Waals surface area contributed by atoms with Gasteiger partial charge in [-0.15, -0.1) is 17.7 Å². The minimum atomic E-state index is 0. The molecule has 0 aliphatic rings. The van der Waals surface area contributed by atoms with Crippen LogP contribution < -0.4 is 4.74 Å². The van der Waals surface area contributed by atoms with Crippen LogP contribution in [0.3, 0.4) is 0 Å². The molecule has 3 heteroatoms. The Kier molecular flexibility index (Phi) is 5.71. The molecule has 1 radical (unpaired) electrons. The van der Waals surface area contributed by atoms with Crippen LogP contribution in [-0.2, 0) is 26.0 Å². The van der Waals surface area contributed by atoms with Crippen LogP contribution in [0.2, 0.25) is 0 Å². The Balaban J connectivity index is 0.00000180. The summed E-state index contributed by atoms with van der Waals surface area (Å²) >= 11 is 0. The Morgan fingerprint density at radius 3 is 2.16 bits per heavy atom. The van der Waals surface area contributed by atoms with Crippen molar-refractivity contribution in [2.75, 3.05) is 21.1 Å². The van der Waals surface area contributed by atoms with Crippen LogP contribution in [0.25, 0.3) is 0 Å². The van der Waals surface area contributed by atoms with Gasteiger partial charge in [-0.25, -0.2) is 0 Å². The fourth-order valence-electron chi connectivity index (χ4n) is 1.74. The van der Waals surface area contributed by atoms with Crippen molar-refractivity contribution in [2.24, 2.45) is 0 Å². The predicted molar refractivity (Wildman–Crippen MR) is 73.5 cm³/mol. The first-order valence-electron chi connectivity index (χ1n) is 6.07. The fourth-order valence-corrected chi connectivity index (χ4v) is 1.74. The van der Waals surface area contributed by atoms with Crippen LogP contribution in [0, 0.1) is 6.07 Å². The van der Waals surface area contributed by atoms with Crippen LogP contribution in [-0.4, -0.2) is 25.6 Å². The van der Waals surface area contributed by atoms with Crippen molar-refractivity contribution in [3.05, 3.63) is 60.2 Å². The number of benzene rings is 2. The van der Waals surface area contributed by atoms with Crippen LogP contribution in [0.4, 0.5) is 0 Å². The summed E-state index contributed by atoms with van der Waals surface area (Å²) in [6, 6.07) is 19.0. The quantitative estimate of drug-likeness (QED) is 0.470. The summed E-state index contributed by atoms with van der Waals surface area (Å²) in [6.07, 6.45) is 0. The SMILES string of the molecule is C[N+](C)(C)Cc1[c-]cc(Oc2ccccc2)cc1.[Ru+]. The maximum Gasteiger partial charge on any atom is 1.00 e. The minimum Gasteiger partial charge on any atom is -0.517 e. The Morgan fingerprint density at radius 2 is 1.63 bits per heavy atom. The van der Waals surface area contributed by atoms with Gasteiger partial charge in [0.2, 0.25) is 0 Å². The second-order valence-corrected chi connectivity index (χ2v) is 5.41. The smallest absolute Gasteiger partial charge is 0.517 e. The molecule has 0 aliphatic carbocycles. The number of para-hydroxylation sites is 1. The van der Waals surface area contributed by atoms with Gasteiger partial charge in [-0.1, -0.05) is 18.2 Å². The Hall–Kier alpha value is -1.18. The van der Waals surface area contributed by atoms with Gasteiger partial charge in [0.15, 0.2) is 0 Å². The number of hydrogen-bond acceptors (Lipinski definition) is 1. The molecule has 2 aromatic carbocycles. The summed E-state index contributed by atoms with van der Waals surface area (Å²) in [6.45, 7) is 0.964. The van der Waals surface area contributed by atoms with Gasteiger partial charge >= 0.3 is 19.5 Å². The summed E-state index contributed by atoms with van der Waals surface area (Å²) in [7, 11) is 6.51. The monoisotopic (exact) mass is 343 g/mol. The van der Waals surface area contributed by atoms with Gasteiger partial charge in [-0.3, -0.25) is 0 Å². The molecule has 0 bridgehead atoms. The molecule has 2 nitrogen and oxygen atoms in total. The zero-order valence-electron chi connectivity index (χ0n) is 11.5. The summed E-state index contributed by atoms with van der Waals surface area (Å²) in [4.78, 5) is 0. The molecule has 0 spiro atoms. The molecule has 0 heterocycles. The van der Waals surface area contributed by atoms with E-state index in [-0.39, 0.29) is 19.5 Å². The van der Waals surface area contributed by atoms with Crippen LogP contribution in [0.5, 0.6) is 11.5 Å². The molecular weight excluding hydrogens is 323 g/mol. The molecule has 0 fully saturated rings. The van der Waals surface area contributed by atoms with E-state index >= 15 is 0 Å². The zero-order chi connectivity index (χ0) is 13.0. The average Bonchev–Trinajstić information content (AvgIpc) is 2.31. The maximum atomic E-state index is 5.73. The molecule has 2 aromatic rings. The number of rotatable bonds is 4. The van der Waals surface area contributed by atoms with Crippen LogP contribution >= 0.6 is 0 Å². The molecule has 0 unspecified atom stereocenters. The molecule has 2 rings (SSSR count). The van der Waals surface area contributed by atoms with E-state index in [1.165, 1.54) is 5.56 Å². The maximum absolute atomic E-state index is 5.73. The number of ether oxygens (including phenoxy) is 1. The zero-order valence-corrected chi connectivity index (χ0v) is 13.3. The summed E-state index contributed by atoms with van der Waals surface area (Å²) in [5.74, 6) is 1.68. The molecule has 101 valence electrons. The van der Waals surface area contributed by atoms with Gasteiger partial charge < -0.3 is 9.22 Å². The fraction of sp³-hybridized carbons (Fsp3) is 0.250. The summed E-state index contributed by atoms with van der Waals surface area (Å²) in [5.41, 5.74) is 1.20. The third-order valence-corrected chi connectivity index (χ3v) is 2.47. The third kappa shape index (κ3) is 5.54. The Morgan fingerprint density at radius 1 is 0.947 bits per heavy atom. The van der Waals surface area contributed by atoms with Gasteiger partial charge in [0.25, 0.3) is 0 Å². The minimum absolute atomic E-state index is 0. The van der Waals surface area contributed by atoms with Crippen molar-refractivity contribution >= 4 is 0 Å². The van der Waals surface area contributed by atoms with E-state index in [2.05, 4.69) is 33.3 Å². The van der Waals surface area contributed by atoms with Gasteiger partial charge in [0, 0.05) is 5.75 Å². The average molecular weight is 342 g/mol. The first-order valence-corrected chi connectivity index (χ1v) is 6.07. The second kappa shape index (κ2) is 6.84. The predicted octanol–water partition coefficient (Wildman–Crippen LogP) is 3.48. The molecule has 0 amide bonds. The van der Waals surface area contributed by atoms with E-state index in [1.807, 2.05) is 42.5 Å². The van der Waals surface area contributed by atoms with Crippen molar-refractivity contribution in [3.63, 3.8) is 0 Å². The van der Waals surface area contributed by atoms with Crippen molar-refractivity contribution < 1.29 is 28.7 Å². The van der Waals surface area contributed by atoms with Crippen molar-refractivity contribution in [1.82, 2.24) is 0 Å². The van der Waals surface area contributed by atoms with E-state index in [1.54, 1.807) is 0 Å². The molecule has 0 N–H and O–H groups in total. The van der Waals surface area contributed by atoms with Crippen LogP contribution in [0.15, 0.2) is 48.5 Å². The van der Waals surface area contributed by atoms with Crippen molar-refractivity contribution in [3.8, 4) is 11.5 Å². The number of nitrogens with zero attached hydrogens (tertiary/aromatic N) is 1. The van der Waals surface area contributed by atoms with Gasteiger partial charge in [-0.05, 0) is 12.1 Å². The summed E-state index contributed by atoms with van der Waals surface area (Å²) in [5, 5.41) is 0. The molecular formula is C16H19NORu+. The Labute approximate surface area is 128 Å². The molecule has 0 atom stereocenters. The molecule has 0 saturated carbocycles. The van der Waals surface area contributed by atoms with E-state index < -0.39 is 0 Å². The normalized spacial score (nSPS) is 10.7. The molecule has 0 saturated heterocycles. The molecule has 0 aliphatic heterocycles. The molecule has 0 aromatic heterocycles. The van der Waals surface area contributed by atoms with E-state index in [0.717, 1.165) is 22.5 Å². The molecule has 19 heavy (non-hydrogen) atoms. The van der Waals surface area contributed by atoms with E-state index in [0.29, 0.717) is 0 Å². The van der Waals surface area contributed by atoms with Crippen molar-refractivity contribution in [2.45, 2.75) is 6.54 Å². The number of quaternary nitrogens is 1. The topological polar surface area (TPSA) is 9.23 Å². The van der Waals surface area contributed by atoms with Crippen LogP contribution in [0.1, 0.15) is 5.56 Å². The Bertz CT molecular complexity index is 488.